The number of hydrogen-bond acceptors (Lipinski definition) is 3. The van der Waals surface area contributed by atoms with Crippen molar-refractivity contribution in [1.82, 2.24) is 15.5 Å². The number of nitrogens with zero attached hydrogens (tertiary/aromatic N) is 1. The fourth-order valence-electron chi connectivity index (χ4n) is 1.49. The van der Waals surface area contributed by atoms with E-state index in [1.165, 1.54) is 6.92 Å². The molecule has 0 saturated carbocycles. The van der Waals surface area contributed by atoms with E-state index in [-0.39, 0.29) is 6.04 Å². The van der Waals surface area contributed by atoms with Gasteiger partial charge >= 0.3 is 6.03 Å². The monoisotopic (exact) mass is 233 g/mol. The highest BCUT2D eigenvalue weighted by Crippen LogP contribution is 2.05. The lowest BCUT2D eigenvalue weighted by molar-refractivity contribution is -0.119. The van der Waals surface area contributed by atoms with Crippen LogP contribution in [0, 0.1) is 0 Å². The van der Waals surface area contributed by atoms with Crippen LogP contribution in [0.3, 0.4) is 0 Å². The maximum atomic E-state index is 11.3. The normalized spacial score (nSPS) is 23.5. The van der Waals surface area contributed by atoms with Crippen molar-refractivity contribution in [3.63, 3.8) is 0 Å². The van der Waals surface area contributed by atoms with Crippen molar-refractivity contribution < 1.29 is 9.59 Å². The van der Waals surface area contributed by atoms with Crippen molar-refractivity contribution in [3.8, 4) is 0 Å². The number of amides is 3. The molecule has 15 heavy (non-hydrogen) atoms. The van der Waals surface area contributed by atoms with Crippen LogP contribution in [0.15, 0.2) is 0 Å². The van der Waals surface area contributed by atoms with Gasteiger partial charge in [0, 0.05) is 12.6 Å². The number of alkyl halides is 1. The largest absolute Gasteiger partial charge is 0.334 e. The molecule has 0 aromatic carbocycles. The van der Waals surface area contributed by atoms with Gasteiger partial charge in [0.25, 0.3) is 0 Å². The summed E-state index contributed by atoms with van der Waals surface area (Å²) in [5.74, 6) is -0.472. The lowest BCUT2D eigenvalue weighted by Crippen LogP contribution is -2.47. The Morgan fingerprint density at radius 3 is 2.67 bits per heavy atom. The second-order valence-electron chi connectivity index (χ2n) is 3.83. The highest BCUT2D eigenvalue weighted by Gasteiger charge is 2.22. The maximum Gasteiger partial charge on any atom is 0.321 e. The molecule has 0 spiro atoms. The smallest absolute Gasteiger partial charge is 0.321 e. The van der Waals surface area contributed by atoms with Crippen molar-refractivity contribution in [3.05, 3.63) is 0 Å². The van der Waals surface area contributed by atoms with Gasteiger partial charge in [-0.15, -0.1) is 11.6 Å². The van der Waals surface area contributed by atoms with Crippen molar-refractivity contribution in [1.29, 1.82) is 0 Å². The Labute approximate surface area is 94.1 Å². The number of nitrogens with one attached hydrogen (secondary N) is 2. The van der Waals surface area contributed by atoms with E-state index in [2.05, 4.69) is 15.5 Å². The number of imide groups is 1. The van der Waals surface area contributed by atoms with E-state index in [1.54, 1.807) is 0 Å². The molecule has 1 heterocycles. The van der Waals surface area contributed by atoms with Gasteiger partial charge in [-0.25, -0.2) is 4.79 Å². The second kappa shape index (κ2) is 5.32. The first-order valence-electron chi connectivity index (χ1n) is 4.93. The molecule has 6 heteroatoms. The van der Waals surface area contributed by atoms with Gasteiger partial charge in [-0.3, -0.25) is 10.1 Å². The summed E-state index contributed by atoms with van der Waals surface area (Å²) < 4.78 is 0. The Morgan fingerprint density at radius 1 is 1.53 bits per heavy atom. The molecule has 2 unspecified atom stereocenters. The van der Waals surface area contributed by atoms with Gasteiger partial charge in [-0.2, -0.15) is 0 Å². The van der Waals surface area contributed by atoms with Crippen molar-refractivity contribution in [2.45, 2.75) is 24.8 Å². The van der Waals surface area contributed by atoms with E-state index in [1.807, 2.05) is 7.05 Å². The minimum atomic E-state index is -0.693. The molecule has 0 bridgehead atoms. The molecular formula is C9H16ClN3O2. The van der Waals surface area contributed by atoms with Crippen molar-refractivity contribution in [2.24, 2.45) is 0 Å². The molecule has 1 aliphatic heterocycles. The first-order valence-corrected chi connectivity index (χ1v) is 5.36. The predicted molar refractivity (Wildman–Crippen MR) is 57.9 cm³/mol. The van der Waals surface area contributed by atoms with Crippen LogP contribution in [0.4, 0.5) is 4.79 Å². The van der Waals surface area contributed by atoms with Crippen LogP contribution in [0.2, 0.25) is 0 Å². The van der Waals surface area contributed by atoms with Gasteiger partial charge in [0.1, 0.15) is 5.38 Å². The number of halogens is 1. The first kappa shape index (κ1) is 12.3. The number of hydrogen-bond donors (Lipinski definition) is 2. The lowest BCUT2D eigenvalue weighted by Gasteiger charge is -2.13. The Bertz CT molecular complexity index is 258. The highest BCUT2D eigenvalue weighted by atomic mass is 35.5. The topological polar surface area (TPSA) is 61.4 Å². The molecule has 1 rings (SSSR count). The molecule has 5 nitrogen and oxygen atoms in total. The Kier molecular flexibility index (Phi) is 4.35. The third kappa shape index (κ3) is 4.05. The fraction of sp³-hybridized carbons (Fsp3) is 0.778. The maximum absolute atomic E-state index is 11.3. The summed E-state index contributed by atoms with van der Waals surface area (Å²) in [5, 5.41) is 4.21. The van der Waals surface area contributed by atoms with Crippen LogP contribution in [0.5, 0.6) is 0 Å². The Balaban J connectivity index is 2.27. The quantitative estimate of drug-likeness (QED) is 0.668. The van der Waals surface area contributed by atoms with E-state index in [0.29, 0.717) is 0 Å². The Hall–Kier alpha value is -0.810. The predicted octanol–water partition coefficient (Wildman–Crippen LogP) is 0.144. The minimum absolute atomic E-state index is 0.119. The van der Waals surface area contributed by atoms with E-state index in [9.17, 15) is 9.59 Å². The molecule has 86 valence electrons. The number of likely N-dealkylation sites (N-methyl/N-ethyl adjacent to an activating group) is 1. The molecule has 1 fully saturated rings. The zero-order chi connectivity index (χ0) is 11.4. The molecule has 2 N–H and O–H groups in total. The summed E-state index contributed by atoms with van der Waals surface area (Å²) in [6, 6.07) is -0.346. The van der Waals surface area contributed by atoms with Crippen LogP contribution in [-0.2, 0) is 4.79 Å². The van der Waals surface area contributed by atoms with Crippen LogP contribution >= 0.6 is 11.6 Å². The van der Waals surface area contributed by atoms with E-state index < -0.39 is 17.3 Å². The molecule has 0 aliphatic carbocycles. The van der Waals surface area contributed by atoms with Gasteiger partial charge in [-0.1, -0.05) is 0 Å². The third-order valence-electron chi connectivity index (χ3n) is 2.32. The molecule has 0 aromatic rings. The molecule has 2 atom stereocenters. The first-order chi connectivity index (χ1) is 6.99. The summed E-state index contributed by atoms with van der Waals surface area (Å²) in [7, 11) is 1.99. The number of carbonyl (C=O) groups excluding carboxylic acids is 2. The minimum Gasteiger partial charge on any atom is -0.334 e. The lowest BCUT2D eigenvalue weighted by atomic mass is 10.3. The number of likely N-dealkylation sites (tertiary alicyclic amines) is 1. The molecular weight excluding hydrogens is 218 g/mol. The Morgan fingerprint density at radius 2 is 2.20 bits per heavy atom. The summed E-state index contributed by atoms with van der Waals surface area (Å²) in [6.07, 6.45) is 0.911. The highest BCUT2D eigenvalue weighted by molar-refractivity contribution is 6.31. The fourth-order valence-corrected chi connectivity index (χ4v) is 1.54. The van der Waals surface area contributed by atoms with Crippen LogP contribution in [0.1, 0.15) is 13.3 Å². The zero-order valence-electron chi connectivity index (χ0n) is 8.92. The van der Waals surface area contributed by atoms with Gasteiger partial charge in [0.05, 0.1) is 0 Å². The van der Waals surface area contributed by atoms with Crippen LogP contribution in [0.25, 0.3) is 0 Å². The zero-order valence-corrected chi connectivity index (χ0v) is 9.67. The summed E-state index contributed by atoms with van der Waals surface area (Å²) in [4.78, 5) is 24.5. The average molecular weight is 234 g/mol. The van der Waals surface area contributed by atoms with Crippen molar-refractivity contribution in [2.75, 3.05) is 20.1 Å². The van der Waals surface area contributed by atoms with E-state index in [0.717, 1.165) is 19.5 Å². The number of urea groups is 1. The van der Waals surface area contributed by atoms with Gasteiger partial charge < -0.3 is 10.2 Å². The summed E-state index contributed by atoms with van der Waals surface area (Å²) in [6.45, 7) is 3.30. The molecule has 0 aromatic heterocycles. The van der Waals surface area contributed by atoms with Crippen LogP contribution < -0.4 is 10.6 Å². The SMILES string of the molecule is CC(Cl)C(=O)NC(=O)NC1CCN(C)C1. The summed E-state index contributed by atoms with van der Waals surface area (Å²) >= 11 is 5.51. The number of rotatable bonds is 2. The van der Waals surface area contributed by atoms with Gasteiger partial charge in [0.2, 0.25) is 5.91 Å². The van der Waals surface area contributed by atoms with Crippen LogP contribution in [-0.4, -0.2) is 48.4 Å². The third-order valence-corrected chi connectivity index (χ3v) is 2.52. The van der Waals surface area contributed by atoms with Crippen molar-refractivity contribution >= 4 is 23.5 Å². The van der Waals surface area contributed by atoms with Gasteiger partial charge in [0.15, 0.2) is 0 Å². The van der Waals surface area contributed by atoms with E-state index in [4.69, 9.17) is 11.6 Å². The second-order valence-corrected chi connectivity index (χ2v) is 4.48. The molecule has 0 radical (unpaired) electrons. The molecule has 1 aliphatic rings. The summed E-state index contributed by atoms with van der Waals surface area (Å²) in [5.41, 5.74) is 0. The molecule has 3 amide bonds. The number of carbonyl (C=O) groups is 2. The average Bonchev–Trinajstić information content (AvgIpc) is 2.50. The van der Waals surface area contributed by atoms with Gasteiger partial charge in [-0.05, 0) is 26.9 Å². The van der Waals surface area contributed by atoms with E-state index >= 15 is 0 Å². The molecule has 1 saturated heterocycles. The standard InChI is InChI=1S/C9H16ClN3O2/c1-6(10)8(14)12-9(15)11-7-3-4-13(2)5-7/h6-7H,3-5H2,1-2H3,(H2,11,12,14,15).